The van der Waals surface area contributed by atoms with Crippen molar-refractivity contribution >= 4 is 29.1 Å². The molecule has 0 saturated heterocycles. The topological polar surface area (TPSA) is 85.2 Å². The van der Waals surface area contributed by atoms with E-state index in [0.29, 0.717) is 34.3 Å². The molecule has 0 bridgehead atoms. The summed E-state index contributed by atoms with van der Waals surface area (Å²) in [6, 6.07) is 23.9. The van der Waals surface area contributed by atoms with Gasteiger partial charge in [-0.1, -0.05) is 54.1 Å². The Morgan fingerprint density at radius 3 is 2.50 bits per heavy atom. The maximum absolute atomic E-state index is 13.1. The van der Waals surface area contributed by atoms with E-state index < -0.39 is 5.91 Å². The highest BCUT2D eigenvalue weighted by molar-refractivity contribution is 6.30. The van der Waals surface area contributed by atoms with Gasteiger partial charge in [0.15, 0.2) is 0 Å². The summed E-state index contributed by atoms with van der Waals surface area (Å²) in [7, 11) is 1.58. The maximum Gasteiger partial charge on any atom is 0.255 e. The van der Waals surface area contributed by atoms with Crippen molar-refractivity contribution in [3.05, 3.63) is 101 Å². The summed E-state index contributed by atoms with van der Waals surface area (Å²) < 4.78 is 7.04. The monoisotopic (exact) mass is 474 g/mol. The summed E-state index contributed by atoms with van der Waals surface area (Å²) in [5, 5.41) is 10.6. The quantitative estimate of drug-likeness (QED) is 0.390. The third kappa shape index (κ3) is 5.82. The first-order chi connectivity index (χ1) is 16.5. The van der Waals surface area contributed by atoms with E-state index in [-0.39, 0.29) is 12.5 Å². The first-order valence-electron chi connectivity index (χ1n) is 10.6. The molecule has 0 aliphatic carbocycles. The molecule has 0 unspecified atom stereocenters. The number of hydrogen-bond acceptors (Lipinski definition) is 4. The lowest BCUT2D eigenvalue weighted by atomic mass is 10.1. The van der Waals surface area contributed by atoms with Crippen LogP contribution in [0.3, 0.4) is 0 Å². The van der Waals surface area contributed by atoms with E-state index >= 15 is 0 Å². The van der Waals surface area contributed by atoms with E-state index in [4.69, 9.17) is 16.3 Å². The first kappa shape index (κ1) is 23.1. The second-order valence-corrected chi connectivity index (χ2v) is 7.98. The fraction of sp³-hybridized carbons (Fsp3) is 0.115. The number of nitrogens with one attached hydrogen (secondary N) is 2. The summed E-state index contributed by atoms with van der Waals surface area (Å²) in [5.74, 6) is -0.0949. The van der Waals surface area contributed by atoms with Crippen molar-refractivity contribution in [2.75, 3.05) is 19.0 Å². The van der Waals surface area contributed by atoms with Gasteiger partial charge < -0.3 is 15.4 Å². The third-order valence-electron chi connectivity index (χ3n) is 5.07. The van der Waals surface area contributed by atoms with Crippen molar-refractivity contribution in [1.29, 1.82) is 0 Å². The van der Waals surface area contributed by atoms with Crippen molar-refractivity contribution in [3.63, 3.8) is 0 Å². The zero-order chi connectivity index (χ0) is 23.9. The van der Waals surface area contributed by atoms with Gasteiger partial charge in [0, 0.05) is 22.5 Å². The van der Waals surface area contributed by atoms with Gasteiger partial charge in [-0.25, -0.2) is 0 Å². The van der Waals surface area contributed by atoms with E-state index in [2.05, 4.69) is 15.7 Å². The summed E-state index contributed by atoms with van der Waals surface area (Å²) in [6.45, 7) is 0.311. The summed E-state index contributed by atoms with van der Waals surface area (Å²) in [5.41, 5.74) is 3.25. The molecule has 7 nitrogen and oxygen atoms in total. The van der Waals surface area contributed by atoms with Gasteiger partial charge in [-0.05, 0) is 42.0 Å². The molecular formula is C26H23ClN4O3. The van der Waals surface area contributed by atoms with Crippen LogP contribution >= 0.6 is 11.6 Å². The molecule has 0 aliphatic heterocycles. The number of rotatable bonds is 8. The van der Waals surface area contributed by atoms with E-state index in [0.717, 1.165) is 11.1 Å². The highest BCUT2D eigenvalue weighted by Gasteiger charge is 2.19. The fourth-order valence-electron chi connectivity index (χ4n) is 3.42. The first-order valence-corrected chi connectivity index (χ1v) is 11.0. The molecule has 0 radical (unpaired) electrons. The predicted octanol–water partition coefficient (Wildman–Crippen LogP) is 4.63. The number of carbonyl (C=O) groups excluding carboxylic acids is 2. The number of benzene rings is 3. The number of anilines is 1. The molecule has 0 spiro atoms. The van der Waals surface area contributed by atoms with Crippen LogP contribution in [0.25, 0.3) is 11.3 Å². The van der Waals surface area contributed by atoms with Gasteiger partial charge in [0.25, 0.3) is 5.91 Å². The largest absolute Gasteiger partial charge is 0.497 e. The molecule has 34 heavy (non-hydrogen) atoms. The number of halogens is 1. The predicted molar refractivity (Wildman–Crippen MR) is 132 cm³/mol. The molecule has 1 heterocycles. The minimum absolute atomic E-state index is 0.192. The average molecular weight is 475 g/mol. The lowest BCUT2D eigenvalue weighted by Crippen LogP contribution is -2.33. The van der Waals surface area contributed by atoms with Crippen LogP contribution in [-0.2, 0) is 11.3 Å². The molecule has 2 amide bonds. The molecule has 4 rings (SSSR count). The normalized spacial score (nSPS) is 10.5. The van der Waals surface area contributed by atoms with Crippen LogP contribution in [0.1, 0.15) is 15.9 Å². The van der Waals surface area contributed by atoms with E-state index in [1.54, 1.807) is 42.3 Å². The van der Waals surface area contributed by atoms with Crippen molar-refractivity contribution in [3.8, 4) is 17.0 Å². The Morgan fingerprint density at radius 2 is 1.76 bits per heavy atom. The number of hydrogen-bond donors (Lipinski definition) is 2. The molecule has 0 atom stereocenters. The molecule has 172 valence electrons. The number of carbonyl (C=O) groups is 2. The molecule has 3 aromatic carbocycles. The van der Waals surface area contributed by atoms with Crippen molar-refractivity contribution in [2.45, 2.75) is 6.54 Å². The minimum atomic E-state index is -0.400. The van der Waals surface area contributed by atoms with Gasteiger partial charge in [0.1, 0.15) is 11.4 Å². The summed E-state index contributed by atoms with van der Waals surface area (Å²) in [6.07, 6.45) is 1.69. The minimum Gasteiger partial charge on any atom is -0.497 e. The van der Waals surface area contributed by atoms with Crippen molar-refractivity contribution in [2.24, 2.45) is 0 Å². The molecule has 8 heteroatoms. The van der Waals surface area contributed by atoms with Gasteiger partial charge in [0.2, 0.25) is 5.91 Å². The number of aromatic nitrogens is 2. The fourth-order valence-corrected chi connectivity index (χ4v) is 3.54. The van der Waals surface area contributed by atoms with Crippen molar-refractivity contribution in [1.82, 2.24) is 15.1 Å². The Morgan fingerprint density at radius 1 is 1.00 bits per heavy atom. The number of nitrogens with zero attached hydrogens (tertiary/aromatic N) is 2. The van der Waals surface area contributed by atoms with Crippen LogP contribution in [0.5, 0.6) is 5.75 Å². The number of methoxy groups -OCH3 is 1. The zero-order valence-corrected chi connectivity index (χ0v) is 19.3. The highest BCUT2D eigenvalue weighted by atomic mass is 35.5. The van der Waals surface area contributed by atoms with Gasteiger partial charge in [0.05, 0.1) is 25.8 Å². The van der Waals surface area contributed by atoms with Crippen LogP contribution in [0.2, 0.25) is 5.02 Å². The van der Waals surface area contributed by atoms with Gasteiger partial charge in [-0.3, -0.25) is 14.3 Å². The van der Waals surface area contributed by atoms with Crippen molar-refractivity contribution < 1.29 is 14.3 Å². The average Bonchev–Trinajstić information content (AvgIpc) is 3.28. The lowest BCUT2D eigenvalue weighted by molar-refractivity contribution is -0.115. The second-order valence-electron chi connectivity index (χ2n) is 7.54. The molecule has 0 fully saturated rings. The van der Waals surface area contributed by atoms with E-state index in [1.807, 2.05) is 54.6 Å². The van der Waals surface area contributed by atoms with Gasteiger partial charge in [-0.2, -0.15) is 5.10 Å². The third-order valence-corrected chi connectivity index (χ3v) is 5.33. The van der Waals surface area contributed by atoms with Gasteiger partial charge in [-0.15, -0.1) is 0 Å². The number of amides is 2. The maximum atomic E-state index is 13.1. The summed E-state index contributed by atoms with van der Waals surface area (Å²) in [4.78, 5) is 25.4. The second kappa shape index (κ2) is 10.7. The summed E-state index contributed by atoms with van der Waals surface area (Å²) >= 11 is 5.87. The molecule has 4 aromatic rings. The molecule has 1 aromatic heterocycles. The Labute approximate surface area is 202 Å². The van der Waals surface area contributed by atoms with Crippen LogP contribution in [-0.4, -0.2) is 35.2 Å². The Bertz CT molecular complexity index is 1290. The molecular weight excluding hydrogens is 452 g/mol. The number of ether oxygens (including phenoxy) is 1. The Kier molecular flexibility index (Phi) is 7.25. The lowest BCUT2D eigenvalue weighted by Gasteiger charge is -2.08. The molecule has 0 aliphatic rings. The SMILES string of the molecule is COc1cccc(-c2nn(Cc3ccccc3)cc2C(=O)NCC(=O)Nc2ccc(Cl)cc2)c1. The molecule has 2 N–H and O–H groups in total. The van der Waals surface area contributed by atoms with E-state index in [1.165, 1.54) is 0 Å². The zero-order valence-electron chi connectivity index (χ0n) is 18.5. The Balaban J connectivity index is 1.53. The standard InChI is InChI=1S/C26H23ClN4O3/c1-34-22-9-5-8-19(14-22)25-23(17-31(30-25)16-18-6-3-2-4-7-18)26(33)28-15-24(32)29-21-12-10-20(27)11-13-21/h2-14,17H,15-16H2,1H3,(H,28,33)(H,29,32). The highest BCUT2D eigenvalue weighted by Crippen LogP contribution is 2.26. The van der Waals surface area contributed by atoms with Crippen LogP contribution in [0, 0.1) is 0 Å². The Hall–Kier alpha value is -4.10. The van der Waals surface area contributed by atoms with Crippen LogP contribution in [0.4, 0.5) is 5.69 Å². The van der Waals surface area contributed by atoms with E-state index in [9.17, 15) is 9.59 Å². The van der Waals surface area contributed by atoms with Crippen LogP contribution in [0.15, 0.2) is 85.1 Å². The smallest absolute Gasteiger partial charge is 0.255 e. The van der Waals surface area contributed by atoms with Crippen LogP contribution < -0.4 is 15.4 Å². The molecule has 0 saturated carbocycles. The van der Waals surface area contributed by atoms with Gasteiger partial charge >= 0.3 is 0 Å².